The molecule has 0 aliphatic rings. The molecule has 0 fully saturated rings. The first-order valence-corrected chi connectivity index (χ1v) is 7.41. The lowest BCUT2D eigenvalue weighted by Crippen LogP contribution is -2.12. The van der Waals surface area contributed by atoms with Gasteiger partial charge < -0.3 is 5.32 Å². The van der Waals surface area contributed by atoms with Crippen LogP contribution in [-0.2, 0) is 6.54 Å². The predicted molar refractivity (Wildman–Crippen MR) is 81.7 cm³/mol. The number of nitrogens with zero attached hydrogens (tertiary/aromatic N) is 1. The number of nitrogens with one attached hydrogen (secondary N) is 1. The Morgan fingerprint density at radius 2 is 2.05 bits per heavy atom. The molecule has 2 nitrogen and oxygen atoms in total. The van der Waals surface area contributed by atoms with E-state index in [1.165, 1.54) is 21.6 Å². The fourth-order valence-electron chi connectivity index (χ4n) is 1.88. The van der Waals surface area contributed by atoms with Crippen LogP contribution in [0.15, 0.2) is 46.5 Å². The van der Waals surface area contributed by atoms with Crippen molar-refractivity contribution >= 4 is 11.8 Å². The average molecular weight is 272 g/mol. The number of pyridine rings is 1. The number of rotatable bonds is 5. The maximum Gasteiger partial charge on any atom is 0.104 e. The van der Waals surface area contributed by atoms with Crippen LogP contribution >= 0.6 is 11.8 Å². The summed E-state index contributed by atoms with van der Waals surface area (Å²) in [6, 6.07) is 10.7. The molecule has 0 atom stereocenters. The summed E-state index contributed by atoms with van der Waals surface area (Å²) in [6.07, 6.45) is 1.97. The Bertz CT molecular complexity index is 552. The van der Waals surface area contributed by atoms with Crippen LogP contribution in [0.3, 0.4) is 0 Å². The monoisotopic (exact) mass is 272 g/mol. The minimum Gasteiger partial charge on any atom is -0.313 e. The molecule has 0 bridgehead atoms. The molecule has 0 amide bonds. The van der Waals surface area contributed by atoms with Gasteiger partial charge in [0, 0.05) is 17.6 Å². The molecular formula is C16H20N2S. The second kappa shape index (κ2) is 6.73. The van der Waals surface area contributed by atoms with E-state index in [0.717, 1.165) is 18.1 Å². The Morgan fingerprint density at radius 1 is 1.21 bits per heavy atom. The highest BCUT2D eigenvalue weighted by atomic mass is 32.2. The van der Waals surface area contributed by atoms with Gasteiger partial charge in [-0.3, -0.25) is 0 Å². The van der Waals surface area contributed by atoms with Gasteiger partial charge in [0.25, 0.3) is 0 Å². The zero-order valence-electron chi connectivity index (χ0n) is 11.7. The molecule has 2 aromatic rings. The van der Waals surface area contributed by atoms with Crippen LogP contribution in [0.1, 0.15) is 23.6 Å². The van der Waals surface area contributed by atoms with Crippen molar-refractivity contribution in [3.8, 4) is 0 Å². The van der Waals surface area contributed by atoms with E-state index >= 15 is 0 Å². The zero-order valence-corrected chi connectivity index (χ0v) is 12.6. The highest BCUT2D eigenvalue weighted by molar-refractivity contribution is 7.99. The third-order valence-electron chi connectivity index (χ3n) is 2.87. The molecule has 1 heterocycles. The van der Waals surface area contributed by atoms with E-state index in [0.29, 0.717) is 0 Å². The lowest BCUT2D eigenvalue weighted by molar-refractivity contribution is 0.721. The molecule has 1 N–H and O–H groups in total. The summed E-state index contributed by atoms with van der Waals surface area (Å²) in [7, 11) is 0. The van der Waals surface area contributed by atoms with Crippen LogP contribution in [0.4, 0.5) is 0 Å². The highest BCUT2D eigenvalue weighted by Gasteiger charge is 2.04. The van der Waals surface area contributed by atoms with Gasteiger partial charge in [-0.25, -0.2) is 4.98 Å². The fraction of sp³-hybridized carbons (Fsp3) is 0.312. The number of benzene rings is 1. The molecule has 2 rings (SSSR count). The molecule has 0 spiro atoms. The summed E-state index contributed by atoms with van der Waals surface area (Å²) in [5, 5.41) is 4.41. The molecule has 0 unspecified atom stereocenters. The summed E-state index contributed by atoms with van der Waals surface area (Å²) in [5.41, 5.74) is 3.77. The van der Waals surface area contributed by atoms with Crippen molar-refractivity contribution in [3.63, 3.8) is 0 Å². The minimum atomic E-state index is 0.889. The Morgan fingerprint density at radius 3 is 2.74 bits per heavy atom. The van der Waals surface area contributed by atoms with Crippen molar-refractivity contribution in [2.45, 2.75) is 37.2 Å². The normalized spacial score (nSPS) is 10.7. The highest BCUT2D eigenvalue weighted by Crippen LogP contribution is 2.29. The maximum absolute atomic E-state index is 4.58. The van der Waals surface area contributed by atoms with E-state index in [1.807, 2.05) is 6.20 Å². The summed E-state index contributed by atoms with van der Waals surface area (Å²) < 4.78 is 0. The fourth-order valence-corrected chi connectivity index (χ4v) is 2.82. The van der Waals surface area contributed by atoms with Crippen molar-refractivity contribution < 1.29 is 0 Å². The first-order chi connectivity index (χ1) is 9.19. The number of hydrogen-bond acceptors (Lipinski definition) is 3. The van der Waals surface area contributed by atoms with Gasteiger partial charge in [-0.2, -0.15) is 0 Å². The summed E-state index contributed by atoms with van der Waals surface area (Å²) >= 11 is 1.73. The molecule has 19 heavy (non-hydrogen) atoms. The van der Waals surface area contributed by atoms with E-state index in [9.17, 15) is 0 Å². The summed E-state index contributed by atoms with van der Waals surface area (Å²) in [6.45, 7) is 8.23. The van der Waals surface area contributed by atoms with Gasteiger partial charge in [0.15, 0.2) is 0 Å². The maximum atomic E-state index is 4.58. The first-order valence-electron chi connectivity index (χ1n) is 6.60. The lowest BCUT2D eigenvalue weighted by atomic mass is 10.2. The van der Waals surface area contributed by atoms with Crippen molar-refractivity contribution in [3.05, 3.63) is 53.2 Å². The largest absolute Gasteiger partial charge is 0.313 e. The Balaban J connectivity index is 2.13. The molecular weight excluding hydrogens is 252 g/mol. The van der Waals surface area contributed by atoms with Crippen molar-refractivity contribution in [2.75, 3.05) is 6.54 Å². The van der Waals surface area contributed by atoms with Gasteiger partial charge >= 0.3 is 0 Å². The number of hydrogen-bond donors (Lipinski definition) is 1. The average Bonchev–Trinajstić information content (AvgIpc) is 2.39. The van der Waals surface area contributed by atoms with Gasteiger partial charge in [-0.1, -0.05) is 42.4 Å². The van der Waals surface area contributed by atoms with E-state index < -0.39 is 0 Å². The van der Waals surface area contributed by atoms with Crippen LogP contribution in [0, 0.1) is 13.8 Å². The second-order valence-corrected chi connectivity index (χ2v) is 5.73. The topological polar surface area (TPSA) is 24.9 Å². The second-order valence-electron chi connectivity index (χ2n) is 4.66. The van der Waals surface area contributed by atoms with Gasteiger partial charge in [-0.15, -0.1) is 0 Å². The van der Waals surface area contributed by atoms with E-state index in [1.54, 1.807) is 11.8 Å². The predicted octanol–water partition coefficient (Wildman–Crippen LogP) is 3.96. The molecule has 0 radical (unpaired) electrons. The first kappa shape index (κ1) is 14.1. The van der Waals surface area contributed by atoms with Crippen LogP contribution in [0.5, 0.6) is 0 Å². The molecule has 0 saturated carbocycles. The van der Waals surface area contributed by atoms with Crippen LogP contribution in [0.25, 0.3) is 0 Å². The molecule has 0 saturated heterocycles. The Kier molecular flexibility index (Phi) is 5.00. The quantitative estimate of drug-likeness (QED) is 0.892. The minimum absolute atomic E-state index is 0.889. The van der Waals surface area contributed by atoms with Gasteiger partial charge in [0.1, 0.15) is 5.03 Å². The van der Waals surface area contributed by atoms with Gasteiger partial charge in [0.05, 0.1) is 0 Å². The van der Waals surface area contributed by atoms with Crippen LogP contribution < -0.4 is 5.32 Å². The smallest absolute Gasteiger partial charge is 0.104 e. The zero-order chi connectivity index (χ0) is 13.7. The molecule has 1 aromatic carbocycles. The summed E-state index contributed by atoms with van der Waals surface area (Å²) in [4.78, 5) is 5.82. The third kappa shape index (κ3) is 4.08. The van der Waals surface area contributed by atoms with Crippen molar-refractivity contribution in [1.29, 1.82) is 0 Å². The summed E-state index contributed by atoms with van der Waals surface area (Å²) in [5.74, 6) is 0. The van der Waals surface area contributed by atoms with Crippen molar-refractivity contribution in [1.82, 2.24) is 10.3 Å². The van der Waals surface area contributed by atoms with Crippen LogP contribution in [0.2, 0.25) is 0 Å². The SMILES string of the molecule is CCNCc1cnc(Sc2cccc(C)c2)c(C)c1. The number of aryl methyl sites for hydroxylation is 2. The Labute approximate surface area is 119 Å². The molecule has 0 aliphatic carbocycles. The van der Waals surface area contributed by atoms with Crippen LogP contribution in [-0.4, -0.2) is 11.5 Å². The molecule has 0 aliphatic heterocycles. The Hall–Kier alpha value is -1.32. The molecule has 100 valence electrons. The molecule has 3 heteroatoms. The van der Waals surface area contributed by atoms with E-state index in [-0.39, 0.29) is 0 Å². The number of aromatic nitrogens is 1. The van der Waals surface area contributed by atoms with Gasteiger partial charge in [0.2, 0.25) is 0 Å². The van der Waals surface area contributed by atoms with E-state index in [4.69, 9.17) is 0 Å². The van der Waals surface area contributed by atoms with E-state index in [2.05, 4.69) is 61.4 Å². The lowest BCUT2D eigenvalue weighted by Gasteiger charge is -2.08. The molecule has 1 aromatic heterocycles. The van der Waals surface area contributed by atoms with Gasteiger partial charge in [-0.05, 0) is 43.7 Å². The third-order valence-corrected chi connectivity index (χ3v) is 3.98. The van der Waals surface area contributed by atoms with Crippen molar-refractivity contribution in [2.24, 2.45) is 0 Å². The standard InChI is InChI=1S/C16H20N2S/c1-4-17-10-14-9-13(3)16(18-11-14)19-15-7-5-6-12(2)8-15/h5-9,11,17H,4,10H2,1-3H3.